The molecule has 0 nitrogen and oxygen atoms in total. The van der Waals surface area contributed by atoms with Crippen LogP contribution in [-0.2, 0) is 0 Å². The van der Waals surface area contributed by atoms with Gasteiger partial charge in [0.25, 0.3) is 0 Å². The molecule has 2 heteroatoms. The van der Waals surface area contributed by atoms with Gasteiger partial charge in [-0.1, -0.05) is 34.5 Å². The molecule has 0 aromatic heterocycles. The first-order valence-corrected chi connectivity index (χ1v) is 2.99. The van der Waals surface area contributed by atoms with Gasteiger partial charge in [-0.25, -0.2) is 0 Å². The van der Waals surface area contributed by atoms with Gasteiger partial charge in [0, 0.05) is 10.0 Å². The lowest BCUT2D eigenvalue weighted by atomic mass is 10.5. The van der Waals surface area contributed by atoms with Crippen molar-refractivity contribution in [2.24, 2.45) is 0 Å². The minimum atomic E-state index is 0.976. The van der Waals surface area contributed by atoms with Crippen molar-refractivity contribution in [1.82, 2.24) is 0 Å². The van der Waals surface area contributed by atoms with Gasteiger partial charge in [0.15, 0.2) is 0 Å². The van der Waals surface area contributed by atoms with Gasteiger partial charge in [-0.15, -0.1) is 0 Å². The Labute approximate surface area is 51.3 Å². The number of allylic oxidation sites excluding steroid dienone is 1. The predicted octanol–water partition coefficient (Wildman–Crippen LogP) is 2.87. The molecule has 0 heterocycles. The van der Waals surface area contributed by atoms with E-state index in [4.69, 9.17) is 11.6 Å². The quantitative estimate of drug-likeness (QED) is 0.566. The molecule has 6 heavy (non-hydrogen) atoms. The second-order valence-electron chi connectivity index (χ2n) is 0.910. The average Bonchev–Trinajstić information content (AvgIpc) is 1.65. The van der Waals surface area contributed by atoms with Gasteiger partial charge in [-0.05, 0) is 6.42 Å². The molecule has 0 spiro atoms. The largest absolute Gasteiger partial charge is 0.0921 e. The van der Waals surface area contributed by atoms with Crippen LogP contribution in [0.25, 0.3) is 0 Å². The van der Waals surface area contributed by atoms with E-state index >= 15 is 0 Å². The Morgan fingerprint density at radius 2 is 2.50 bits per heavy atom. The van der Waals surface area contributed by atoms with Crippen LogP contribution >= 0.6 is 27.5 Å². The number of hydrogen-bond acceptors (Lipinski definition) is 0. The maximum atomic E-state index is 5.24. The lowest BCUT2D eigenvalue weighted by Crippen LogP contribution is -1.55. The van der Waals surface area contributed by atoms with Gasteiger partial charge in [0.2, 0.25) is 0 Å². The molecule has 0 aliphatic carbocycles. The molecule has 0 aromatic rings. The van der Waals surface area contributed by atoms with E-state index in [0.717, 1.165) is 10.9 Å². The Kier molecular flexibility index (Phi) is 4.01. The van der Waals surface area contributed by atoms with Crippen molar-refractivity contribution < 1.29 is 0 Å². The minimum absolute atomic E-state index is 0.976. The maximum absolute atomic E-state index is 5.24. The summed E-state index contributed by atoms with van der Waals surface area (Å²) in [6.45, 7) is 2.03. The molecule has 0 bridgehead atoms. The summed E-state index contributed by atoms with van der Waals surface area (Å²) in [5, 5.41) is 0. The Morgan fingerprint density at radius 3 is 2.50 bits per heavy atom. The van der Waals surface area contributed by atoms with Gasteiger partial charge < -0.3 is 0 Å². The van der Waals surface area contributed by atoms with Crippen LogP contribution in [0.1, 0.15) is 13.3 Å². The molecule has 36 valence electrons. The van der Waals surface area contributed by atoms with E-state index in [2.05, 4.69) is 15.9 Å². The summed E-state index contributed by atoms with van der Waals surface area (Å²) in [4.78, 5) is 0. The summed E-state index contributed by atoms with van der Waals surface area (Å²) in [6, 6.07) is 0. The van der Waals surface area contributed by atoms with E-state index in [9.17, 15) is 0 Å². The summed E-state index contributed by atoms with van der Waals surface area (Å²) < 4.78 is 1.05. The molecule has 0 rings (SSSR count). The van der Waals surface area contributed by atoms with E-state index in [1.54, 1.807) is 0 Å². The van der Waals surface area contributed by atoms with Crippen LogP contribution in [0.2, 0.25) is 0 Å². The molecule has 0 saturated heterocycles. The summed E-state index contributed by atoms with van der Waals surface area (Å²) >= 11 is 8.45. The molecule has 0 aliphatic rings. The average molecular weight is 169 g/mol. The maximum Gasteiger partial charge on any atom is 0.0144 e. The zero-order chi connectivity index (χ0) is 4.99. The Morgan fingerprint density at radius 1 is 2.00 bits per heavy atom. The van der Waals surface area contributed by atoms with Crippen molar-refractivity contribution in [3.05, 3.63) is 10.0 Å². The zero-order valence-electron chi connectivity index (χ0n) is 3.54. The number of rotatable bonds is 1. The van der Waals surface area contributed by atoms with E-state index < -0.39 is 0 Å². The lowest BCUT2D eigenvalue weighted by Gasteiger charge is -1.80. The van der Waals surface area contributed by atoms with Crippen LogP contribution in [0, 0.1) is 0 Å². The van der Waals surface area contributed by atoms with Gasteiger partial charge in [-0.2, -0.15) is 0 Å². The molecular weight excluding hydrogens is 163 g/mol. The topological polar surface area (TPSA) is 0 Å². The van der Waals surface area contributed by atoms with Crippen LogP contribution in [-0.4, -0.2) is 0 Å². The third kappa shape index (κ3) is 2.73. The van der Waals surface area contributed by atoms with Crippen LogP contribution < -0.4 is 0 Å². The highest BCUT2D eigenvalue weighted by atomic mass is 79.9. The van der Waals surface area contributed by atoms with E-state index in [-0.39, 0.29) is 0 Å². The van der Waals surface area contributed by atoms with Crippen molar-refractivity contribution in [1.29, 1.82) is 0 Å². The normalized spacial score (nSPS) is 12.2. The van der Waals surface area contributed by atoms with E-state index in [1.807, 2.05) is 6.92 Å². The number of halogens is 2. The highest BCUT2D eigenvalue weighted by Gasteiger charge is 1.77. The fourth-order valence-corrected chi connectivity index (χ4v) is 0.231. The van der Waals surface area contributed by atoms with Crippen molar-refractivity contribution in [2.75, 3.05) is 0 Å². The SMILES string of the molecule is CCC(Br)=CCl. The van der Waals surface area contributed by atoms with Gasteiger partial charge in [-0.3, -0.25) is 0 Å². The van der Waals surface area contributed by atoms with Crippen molar-refractivity contribution in [2.45, 2.75) is 13.3 Å². The van der Waals surface area contributed by atoms with E-state index in [1.165, 1.54) is 5.54 Å². The van der Waals surface area contributed by atoms with Crippen molar-refractivity contribution in [3.8, 4) is 0 Å². The predicted molar refractivity (Wildman–Crippen MR) is 33.2 cm³/mol. The third-order valence-electron chi connectivity index (χ3n) is 0.456. The molecule has 0 aliphatic heterocycles. The fraction of sp³-hybridized carbons (Fsp3) is 0.500. The molecule has 0 radical (unpaired) electrons. The van der Waals surface area contributed by atoms with Crippen LogP contribution in [0.15, 0.2) is 10.0 Å². The third-order valence-corrected chi connectivity index (χ3v) is 1.77. The Hall–Kier alpha value is 0.510. The van der Waals surface area contributed by atoms with Gasteiger partial charge in [0.05, 0.1) is 0 Å². The standard InChI is InChI=1S/C4H6BrCl/c1-2-4(5)3-6/h3H,2H2,1H3. The summed E-state index contributed by atoms with van der Waals surface area (Å²) in [5.74, 6) is 0. The number of hydrogen-bond donors (Lipinski definition) is 0. The first kappa shape index (κ1) is 6.51. The molecule has 0 amide bonds. The van der Waals surface area contributed by atoms with Crippen LogP contribution in [0.3, 0.4) is 0 Å². The second-order valence-corrected chi connectivity index (χ2v) is 2.15. The molecule has 0 saturated carbocycles. The zero-order valence-corrected chi connectivity index (χ0v) is 5.88. The molecule has 0 aromatic carbocycles. The second kappa shape index (κ2) is 3.69. The fourth-order valence-electron chi connectivity index (χ4n) is 0.0772. The summed E-state index contributed by atoms with van der Waals surface area (Å²) in [5.41, 5.74) is 1.53. The van der Waals surface area contributed by atoms with Crippen molar-refractivity contribution >= 4 is 27.5 Å². The summed E-state index contributed by atoms with van der Waals surface area (Å²) in [7, 11) is 0. The van der Waals surface area contributed by atoms with Crippen molar-refractivity contribution in [3.63, 3.8) is 0 Å². The van der Waals surface area contributed by atoms with Gasteiger partial charge >= 0.3 is 0 Å². The Bertz CT molecular complexity index is 58.6. The molecule has 0 unspecified atom stereocenters. The van der Waals surface area contributed by atoms with Crippen LogP contribution in [0.4, 0.5) is 0 Å². The minimum Gasteiger partial charge on any atom is -0.0921 e. The molecule has 0 N–H and O–H groups in total. The highest BCUT2D eigenvalue weighted by molar-refractivity contribution is 9.11. The molecular formula is C4H6BrCl. The first-order chi connectivity index (χ1) is 2.81. The smallest absolute Gasteiger partial charge is 0.0144 e. The molecule has 0 atom stereocenters. The van der Waals surface area contributed by atoms with Gasteiger partial charge in [0.1, 0.15) is 0 Å². The molecule has 0 fully saturated rings. The van der Waals surface area contributed by atoms with Crippen LogP contribution in [0.5, 0.6) is 0 Å². The highest BCUT2D eigenvalue weighted by Crippen LogP contribution is 2.08. The lowest BCUT2D eigenvalue weighted by molar-refractivity contribution is 1.21. The van der Waals surface area contributed by atoms with E-state index in [0.29, 0.717) is 0 Å². The Balaban J connectivity index is 3.22. The summed E-state index contributed by atoms with van der Waals surface area (Å²) in [6.07, 6.45) is 0.976. The monoisotopic (exact) mass is 168 g/mol. The first-order valence-electron chi connectivity index (χ1n) is 1.76.